The highest BCUT2D eigenvalue weighted by molar-refractivity contribution is 7.89. The Hall–Kier alpha value is -5.04. The lowest BCUT2D eigenvalue weighted by Crippen LogP contribution is -2.58. The summed E-state index contributed by atoms with van der Waals surface area (Å²) in [4.78, 5) is 40.6. The normalized spacial score (nSPS) is 13.7. The molecule has 0 heterocycles. The second kappa shape index (κ2) is 17.4. The Morgan fingerprint density at radius 2 is 1.29 bits per heavy atom. The van der Waals surface area contributed by atoms with Gasteiger partial charge in [-0.1, -0.05) is 91.0 Å². The van der Waals surface area contributed by atoms with Crippen LogP contribution in [0.25, 0.3) is 0 Å². The van der Waals surface area contributed by atoms with Crippen LogP contribution in [0.5, 0.6) is 5.75 Å². The molecular weight excluding hydrogens is 644 g/mol. The third kappa shape index (κ3) is 10.7. The molecule has 0 aliphatic heterocycles. The zero-order chi connectivity index (χ0) is 35.4. The summed E-state index contributed by atoms with van der Waals surface area (Å²) in [5, 5.41) is 19.4. The summed E-state index contributed by atoms with van der Waals surface area (Å²) in [6.07, 6.45) is -1.50. The van der Waals surface area contributed by atoms with Crippen LogP contribution in [0.2, 0.25) is 0 Å². The summed E-state index contributed by atoms with van der Waals surface area (Å²) in [5.74, 6) is -1.50. The van der Waals surface area contributed by atoms with Crippen LogP contribution < -0.4 is 25.4 Å². The fourth-order valence-electron chi connectivity index (χ4n) is 5.18. The maximum Gasteiger partial charge on any atom is 0.251 e. The number of methoxy groups -OCH3 is 1. The Morgan fingerprint density at radius 1 is 0.714 bits per heavy atom. The molecule has 0 fully saturated rings. The molecule has 0 radical (unpaired) electrons. The van der Waals surface area contributed by atoms with Gasteiger partial charge in [-0.05, 0) is 60.7 Å². The number of aryl methyl sites for hydroxylation is 1. The Bertz CT molecular complexity index is 1800. The minimum absolute atomic E-state index is 0.0210. The second-order valence-corrected chi connectivity index (χ2v) is 13.4. The third-order valence-corrected chi connectivity index (χ3v) is 9.63. The fraction of sp³-hybridized carbons (Fsp3) is 0.270. The standard InChI is InChI=1S/C37H42N4O7S/c1-25-12-10-11-17-33(25)49(46,47)41-26(2)35(43)40-32(23-28-18-20-30(48-3)21-19-28)36(44)39-31(22-27-13-6-4-7-14-27)34(42)37(45)38-24-29-15-8-5-9-16-29/h4-21,26,31-32,34,41-42H,22-24H2,1-3H3,(H,38,45)(H,39,44)(H,40,43)/t26-,31?,32-,34?/m0/s1. The van der Waals surface area contributed by atoms with Crippen molar-refractivity contribution in [3.8, 4) is 5.75 Å². The lowest BCUT2D eigenvalue weighted by atomic mass is 9.98. The van der Waals surface area contributed by atoms with Gasteiger partial charge in [0.15, 0.2) is 6.10 Å². The number of hydrogen-bond donors (Lipinski definition) is 5. The van der Waals surface area contributed by atoms with Crippen LogP contribution in [0, 0.1) is 6.92 Å². The molecule has 2 unspecified atom stereocenters. The number of aliphatic hydroxyl groups is 1. The van der Waals surface area contributed by atoms with Crippen LogP contribution >= 0.6 is 0 Å². The van der Waals surface area contributed by atoms with E-state index >= 15 is 0 Å². The van der Waals surface area contributed by atoms with E-state index in [1.165, 1.54) is 20.1 Å². The van der Waals surface area contributed by atoms with Crippen molar-refractivity contribution in [1.82, 2.24) is 20.7 Å². The molecule has 0 aliphatic carbocycles. The first-order chi connectivity index (χ1) is 23.5. The molecule has 4 atom stereocenters. The van der Waals surface area contributed by atoms with E-state index in [4.69, 9.17) is 4.74 Å². The van der Waals surface area contributed by atoms with Crippen LogP contribution in [-0.4, -0.2) is 62.6 Å². The van der Waals surface area contributed by atoms with Crippen molar-refractivity contribution >= 4 is 27.7 Å². The van der Waals surface area contributed by atoms with Crippen LogP contribution in [-0.2, 0) is 43.8 Å². The number of rotatable bonds is 16. The molecule has 5 N–H and O–H groups in total. The zero-order valence-corrected chi connectivity index (χ0v) is 28.4. The predicted octanol–water partition coefficient (Wildman–Crippen LogP) is 2.80. The Labute approximate surface area is 287 Å². The van der Waals surface area contributed by atoms with Gasteiger partial charge in [0.05, 0.1) is 24.1 Å². The number of aliphatic hydroxyl groups excluding tert-OH is 1. The topological polar surface area (TPSA) is 163 Å². The molecule has 4 rings (SSSR count). The molecule has 258 valence electrons. The van der Waals surface area contributed by atoms with Gasteiger partial charge < -0.3 is 25.8 Å². The molecule has 0 spiro atoms. The minimum Gasteiger partial charge on any atom is -0.497 e. The highest BCUT2D eigenvalue weighted by atomic mass is 32.2. The molecule has 0 saturated heterocycles. The quantitative estimate of drug-likeness (QED) is 0.121. The Morgan fingerprint density at radius 3 is 1.90 bits per heavy atom. The number of nitrogens with one attached hydrogen (secondary N) is 4. The van der Waals surface area contributed by atoms with Crippen molar-refractivity contribution in [1.29, 1.82) is 0 Å². The van der Waals surface area contributed by atoms with Gasteiger partial charge in [0.25, 0.3) is 5.91 Å². The van der Waals surface area contributed by atoms with Gasteiger partial charge in [-0.2, -0.15) is 4.72 Å². The summed E-state index contributed by atoms with van der Waals surface area (Å²) in [6.45, 7) is 3.21. The number of sulfonamides is 1. The number of carbonyl (C=O) groups is 3. The molecule has 11 nitrogen and oxygen atoms in total. The number of hydrogen-bond acceptors (Lipinski definition) is 7. The first kappa shape index (κ1) is 36.8. The average Bonchev–Trinajstić information content (AvgIpc) is 3.10. The Balaban J connectivity index is 1.55. The molecule has 4 aromatic rings. The van der Waals surface area contributed by atoms with E-state index in [2.05, 4.69) is 20.7 Å². The van der Waals surface area contributed by atoms with Gasteiger partial charge >= 0.3 is 0 Å². The van der Waals surface area contributed by atoms with Crippen molar-refractivity contribution in [3.63, 3.8) is 0 Å². The van der Waals surface area contributed by atoms with Crippen LogP contribution in [0.1, 0.15) is 29.2 Å². The van der Waals surface area contributed by atoms with Crippen molar-refractivity contribution < 1.29 is 32.6 Å². The van der Waals surface area contributed by atoms with E-state index < -0.39 is 52.0 Å². The van der Waals surface area contributed by atoms with Gasteiger partial charge in [0.1, 0.15) is 11.8 Å². The largest absolute Gasteiger partial charge is 0.497 e. The first-order valence-electron chi connectivity index (χ1n) is 15.8. The molecule has 49 heavy (non-hydrogen) atoms. The number of amides is 3. The minimum atomic E-state index is -4.06. The summed E-state index contributed by atoms with van der Waals surface area (Å²) >= 11 is 0. The molecule has 4 aromatic carbocycles. The molecule has 12 heteroatoms. The van der Waals surface area contributed by atoms with E-state index in [0.717, 1.165) is 11.1 Å². The maximum absolute atomic E-state index is 14.0. The highest BCUT2D eigenvalue weighted by Gasteiger charge is 2.32. The van der Waals surface area contributed by atoms with Gasteiger partial charge in [-0.3, -0.25) is 14.4 Å². The van der Waals surface area contributed by atoms with E-state index in [0.29, 0.717) is 16.9 Å². The molecule has 0 aromatic heterocycles. The van der Waals surface area contributed by atoms with E-state index in [1.807, 2.05) is 60.7 Å². The lowest BCUT2D eigenvalue weighted by molar-refractivity contribution is -0.134. The predicted molar refractivity (Wildman–Crippen MR) is 186 cm³/mol. The van der Waals surface area contributed by atoms with Gasteiger partial charge in [-0.15, -0.1) is 0 Å². The second-order valence-electron chi connectivity index (χ2n) is 11.7. The first-order valence-corrected chi connectivity index (χ1v) is 17.3. The van der Waals surface area contributed by atoms with E-state index in [-0.39, 0.29) is 24.3 Å². The Kier molecular flexibility index (Phi) is 13.1. The molecule has 3 amide bonds. The van der Waals surface area contributed by atoms with Gasteiger partial charge in [0.2, 0.25) is 21.8 Å². The van der Waals surface area contributed by atoms with E-state index in [9.17, 15) is 27.9 Å². The van der Waals surface area contributed by atoms with Crippen molar-refractivity contribution in [2.24, 2.45) is 0 Å². The third-order valence-electron chi connectivity index (χ3n) is 7.93. The number of benzene rings is 4. The summed E-state index contributed by atoms with van der Waals surface area (Å²) in [6, 6.07) is 28.0. The number of ether oxygens (including phenoxy) is 1. The summed E-state index contributed by atoms with van der Waals surface area (Å²) in [7, 11) is -2.53. The van der Waals surface area contributed by atoms with Crippen LogP contribution in [0.15, 0.2) is 114 Å². The van der Waals surface area contributed by atoms with Crippen LogP contribution in [0.4, 0.5) is 0 Å². The zero-order valence-electron chi connectivity index (χ0n) is 27.6. The van der Waals surface area contributed by atoms with E-state index in [1.54, 1.807) is 49.4 Å². The van der Waals surface area contributed by atoms with Crippen molar-refractivity contribution in [3.05, 3.63) is 131 Å². The number of carbonyl (C=O) groups excluding carboxylic acids is 3. The van der Waals surface area contributed by atoms with Gasteiger partial charge in [0, 0.05) is 13.0 Å². The smallest absolute Gasteiger partial charge is 0.251 e. The summed E-state index contributed by atoms with van der Waals surface area (Å²) in [5.41, 5.74) is 2.78. The highest BCUT2D eigenvalue weighted by Crippen LogP contribution is 2.16. The SMILES string of the molecule is COc1ccc(C[C@H](NC(=O)[C@H](C)NS(=O)(=O)c2ccccc2C)C(=O)NC(Cc2ccccc2)C(O)C(=O)NCc2ccccc2)cc1. The lowest BCUT2D eigenvalue weighted by Gasteiger charge is -2.27. The fourth-order valence-corrected chi connectivity index (χ4v) is 6.63. The molecule has 0 aliphatic rings. The maximum atomic E-state index is 14.0. The monoisotopic (exact) mass is 686 g/mol. The summed E-state index contributed by atoms with van der Waals surface area (Å²) < 4.78 is 33.8. The molecular formula is C37H42N4O7S. The van der Waals surface area contributed by atoms with Crippen molar-refractivity contribution in [2.75, 3.05) is 7.11 Å². The molecule has 0 saturated carbocycles. The van der Waals surface area contributed by atoms with Gasteiger partial charge in [-0.25, -0.2) is 8.42 Å². The average molecular weight is 687 g/mol. The van der Waals surface area contributed by atoms with Crippen LogP contribution in [0.3, 0.4) is 0 Å². The molecule has 0 bridgehead atoms. The van der Waals surface area contributed by atoms with Crippen molar-refractivity contribution in [2.45, 2.75) is 62.4 Å².